The summed E-state index contributed by atoms with van der Waals surface area (Å²) in [4.78, 5) is 2.24. The van der Waals surface area contributed by atoms with Crippen LogP contribution in [0, 0.1) is 11.3 Å². The second-order valence-electron chi connectivity index (χ2n) is 5.97. The molecule has 0 aliphatic carbocycles. The highest BCUT2D eigenvalue weighted by atomic mass is 35.5. The van der Waals surface area contributed by atoms with Gasteiger partial charge in [-0.15, -0.1) is 12.4 Å². The van der Waals surface area contributed by atoms with Crippen molar-refractivity contribution < 1.29 is 0 Å². The second-order valence-corrected chi connectivity index (χ2v) is 5.97. The van der Waals surface area contributed by atoms with Crippen LogP contribution in [0.15, 0.2) is 30.9 Å². The molecule has 1 aliphatic rings. The lowest BCUT2D eigenvalue weighted by molar-refractivity contribution is 0.752. The number of nitrogens with two attached hydrogens (primary N) is 1. The molecule has 124 valence electrons. The highest BCUT2D eigenvalue weighted by Gasteiger charge is 2.23. The summed E-state index contributed by atoms with van der Waals surface area (Å²) in [7, 11) is 1.89. The van der Waals surface area contributed by atoms with Gasteiger partial charge in [-0.25, -0.2) is 4.52 Å². The average Bonchev–Trinajstić information content (AvgIpc) is 3.25. The van der Waals surface area contributed by atoms with Crippen LogP contribution in [0.2, 0.25) is 0 Å². The SMILES string of the molecule is Cl.Cn1cc(-c2cc(N3CC[C@H](N)C3)c3c(C#N)cnn3c2)cn1. The summed E-state index contributed by atoms with van der Waals surface area (Å²) in [6.45, 7) is 1.69. The molecule has 0 amide bonds. The fourth-order valence-electron chi connectivity index (χ4n) is 3.16. The maximum Gasteiger partial charge on any atom is 0.107 e. The minimum atomic E-state index is 0. The molecule has 8 heteroatoms. The first-order valence-electron chi connectivity index (χ1n) is 7.57. The zero-order valence-corrected chi connectivity index (χ0v) is 14.1. The number of hydrogen-bond acceptors (Lipinski definition) is 5. The normalized spacial score (nSPS) is 17.0. The molecule has 7 nitrogen and oxygen atoms in total. The van der Waals surface area contributed by atoms with Crippen molar-refractivity contribution in [2.24, 2.45) is 12.8 Å². The summed E-state index contributed by atoms with van der Waals surface area (Å²) in [5, 5.41) is 18.0. The first-order valence-corrected chi connectivity index (χ1v) is 7.57. The van der Waals surface area contributed by atoms with E-state index in [0.717, 1.165) is 41.8 Å². The molecule has 0 spiro atoms. The number of rotatable bonds is 2. The number of fused-ring (bicyclic) bond motifs is 1. The predicted octanol–water partition coefficient (Wildman–Crippen LogP) is 1.57. The lowest BCUT2D eigenvalue weighted by Crippen LogP contribution is -2.26. The van der Waals surface area contributed by atoms with Gasteiger partial charge in [-0.3, -0.25) is 4.68 Å². The molecule has 1 atom stereocenters. The molecule has 0 bridgehead atoms. The molecule has 4 rings (SSSR count). The van der Waals surface area contributed by atoms with E-state index in [1.54, 1.807) is 15.4 Å². The van der Waals surface area contributed by atoms with Gasteiger partial charge in [0.2, 0.25) is 0 Å². The molecule has 1 fully saturated rings. The van der Waals surface area contributed by atoms with Crippen LogP contribution in [-0.2, 0) is 7.05 Å². The number of aryl methyl sites for hydroxylation is 1. The van der Waals surface area contributed by atoms with Crippen LogP contribution in [0.5, 0.6) is 0 Å². The van der Waals surface area contributed by atoms with Crippen LogP contribution >= 0.6 is 12.4 Å². The molecule has 3 aromatic rings. The van der Waals surface area contributed by atoms with Gasteiger partial charge in [0.15, 0.2) is 0 Å². The van der Waals surface area contributed by atoms with Gasteiger partial charge in [0.05, 0.1) is 23.6 Å². The predicted molar refractivity (Wildman–Crippen MR) is 94.2 cm³/mol. The number of anilines is 1. The van der Waals surface area contributed by atoms with E-state index in [0.29, 0.717) is 5.56 Å². The molecule has 3 aromatic heterocycles. The van der Waals surface area contributed by atoms with E-state index in [-0.39, 0.29) is 18.4 Å². The third-order valence-corrected chi connectivity index (χ3v) is 4.32. The Labute approximate surface area is 145 Å². The van der Waals surface area contributed by atoms with Gasteiger partial charge < -0.3 is 10.6 Å². The van der Waals surface area contributed by atoms with Crippen molar-refractivity contribution in [2.75, 3.05) is 18.0 Å². The number of nitriles is 1. The van der Waals surface area contributed by atoms with Crippen molar-refractivity contribution in [3.05, 3.63) is 36.4 Å². The van der Waals surface area contributed by atoms with Crippen LogP contribution in [0.3, 0.4) is 0 Å². The van der Waals surface area contributed by atoms with E-state index in [2.05, 4.69) is 27.2 Å². The molecule has 24 heavy (non-hydrogen) atoms. The summed E-state index contributed by atoms with van der Waals surface area (Å²) < 4.78 is 3.55. The second kappa shape index (κ2) is 6.15. The van der Waals surface area contributed by atoms with Gasteiger partial charge >= 0.3 is 0 Å². The first kappa shape index (κ1) is 16.3. The number of halogens is 1. The van der Waals surface area contributed by atoms with Crippen LogP contribution < -0.4 is 10.6 Å². The monoisotopic (exact) mass is 343 g/mol. The van der Waals surface area contributed by atoms with Crippen molar-refractivity contribution in [1.29, 1.82) is 5.26 Å². The van der Waals surface area contributed by atoms with Crippen LogP contribution in [0.1, 0.15) is 12.0 Å². The largest absolute Gasteiger partial charge is 0.368 e. The van der Waals surface area contributed by atoms with Gasteiger partial charge in [-0.05, 0) is 12.5 Å². The maximum atomic E-state index is 9.37. The Hall–Kier alpha value is -2.56. The van der Waals surface area contributed by atoms with Gasteiger partial charge in [-0.1, -0.05) is 0 Å². The quantitative estimate of drug-likeness (QED) is 0.763. The number of pyridine rings is 1. The summed E-state index contributed by atoms with van der Waals surface area (Å²) >= 11 is 0. The van der Waals surface area contributed by atoms with Gasteiger partial charge in [-0.2, -0.15) is 15.5 Å². The third kappa shape index (κ3) is 2.60. The van der Waals surface area contributed by atoms with Crippen LogP contribution in [-0.4, -0.2) is 38.5 Å². The number of aromatic nitrogens is 4. The Morgan fingerprint density at radius 3 is 2.71 bits per heavy atom. The van der Waals surface area contributed by atoms with Crippen LogP contribution in [0.25, 0.3) is 16.6 Å². The van der Waals surface area contributed by atoms with Gasteiger partial charge in [0.1, 0.15) is 11.6 Å². The maximum absolute atomic E-state index is 9.37. The van der Waals surface area contributed by atoms with E-state index in [1.807, 2.05) is 25.6 Å². The molecule has 0 saturated carbocycles. The van der Waals surface area contributed by atoms with Gasteiger partial charge in [0, 0.05) is 49.7 Å². The fourth-order valence-corrected chi connectivity index (χ4v) is 3.16. The van der Waals surface area contributed by atoms with E-state index in [9.17, 15) is 5.26 Å². The summed E-state index contributed by atoms with van der Waals surface area (Å²) in [6.07, 6.45) is 8.30. The third-order valence-electron chi connectivity index (χ3n) is 4.32. The Morgan fingerprint density at radius 2 is 2.08 bits per heavy atom. The first-order chi connectivity index (χ1) is 11.2. The van der Waals surface area contributed by atoms with E-state index in [1.165, 1.54) is 0 Å². The van der Waals surface area contributed by atoms with Crippen molar-refractivity contribution in [2.45, 2.75) is 12.5 Å². The highest BCUT2D eigenvalue weighted by Crippen LogP contribution is 2.32. The Bertz CT molecular complexity index is 920. The molecule has 1 aliphatic heterocycles. The smallest absolute Gasteiger partial charge is 0.107 e. The minimum Gasteiger partial charge on any atom is -0.368 e. The zero-order valence-electron chi connectivity index (χ0n) is 13.3. The lowest BCUT2D eigenvalue weighted by atomic mass is 10.1. The van der Waals surface area contributed by atoms with Crippen LogP contribution in [0.4, 0.5) is 5.69 Å². The summed E-state index contributed by atoms with van der Waals surface area (Å²) in [5.41, 5.74) is 10.5. The van der Waals surface area contributed by atoms with E-state index < -0.39 is 0 Å². The Balaban J connectivity index is 0.00000169. The summed E-state index contributed by atoms with van der Waals surface area (Å²) in [5.74, 6) is 0. The highest BCUT2D eigenvalue weighted by molar-refractivity contribution is 5.85. The van der Waals surface area contributed by atoms with Crippen molar-refractivity contribution >= 4 is 23.6 Å². The number of hydrogen-bond donors (Lipinski definition) is 1. The lowest BCUT2D eigenvalue weighted by Gasteiger charge is -2.20. The van der Waals surface area contributed by atoms with E-state index in [4.69, 9.17) is 5.73 Å². The topological polar surface area (TPSA) is 88.2 Å². The molecular weight excluding hydrogens is 326 g/mol. The van der Waals surface area contributed by atoms with Crippen molar-refractivity contribution in [3.8, 4) is 17.2 Å². The average molecular weight is 344 g/mol. The molecule has 0 unspecified atom stereocenters. The standard InChI is InChI=1S/C16H17N7.ClH/c1-21-8-13(7-19-21)11-4-15(22-3-2-14(18)10-22)16-12(5-17)6-20-23(16)9-11;/h4,6-9,14H,2-3,10,18H2,1H3;1H/t14-;/m0./s1. The molecule has 0 aromatic carbocycles. The number of nitrogens with zero attached hydrogens (tertiary/aromatic N) is 6. The Morgan fingerprint density at radius 1 is 1.25 bits per heavy atom. The molecule has 2 N–H and O–H groups in total. The van der Waals surface area contributed by atoms with Crippen molar-refractivity contribution in [3.63, 3.8) is 0 Å². The Kier molecular flexibility index (Phi) is 4.18. The summed E-state index contributed by atoms with van der Waals surface area (Å²) in [6, 6.07) is 4.51. The molecule has 1 saturated heterocycles. The molecule has 0 radical (unpaired) electrons. The van der Waals surface area contributed by atoms with Gasteiger partial charge in [0.25, 0.3) is 0 Å². The van der Waals surface area contributed by atoms with E-state index >= 15 is 0 Å². The molecular formula is C16H18ClN7. The fraction of sp³-hybridized carbons (Fsp3) is 0.312. The van der Waals surface area contributed by atoms with Crippen molar-refractivity contribution in [1.82, 2.24) is 19.4 Å². The zero-order chi connectivity index (χ0) is 16.0. The minimum absolute atomic E-state index is 0. The molecule has 4 heterocycles.